The number of nitrogens with one attached hydrogen (secondary N) is 2. The van der Waals surface area contributed by atoms with E-state index in [9.17, 15) is 16.8 Å². The Bertz CT molecular complexity index is 754. The van der Waals surface area contributed by atoms with Crippen LogP contribution in [0.1, 0.15) is 0 Å². The zero-order valence-electron chi connectivity index (χ0n) is 9.33. The highest BCUT2D eigenvalue weighted by atomic mass is 79.9. The van der Waals surface area contributed by atoms with Crippen LogP contribution in [0.4, 0.5) is 0 Å². The molecule has 2 aromatic rings. The van der Waals surface area contributed by atoms with Crippen molar-refractivity contribution in [1.82, 2.24) is 9.66 Å². The molecule has 0 aliphatic heterocycles. The molecule has 0 spiro atoms. The van der Waals surface area contributed by atoms with Gasteiger partial charge in [-0.25, -0.2) is 16.8 Å². The molecule has 0 saturated carbocycles. The highest BCUT2D eigenvalue weighted by Crippen LogP contribution is 2.27. The molecule has 12 heteroatoms. The molecule has 110 valence electrons. The first-order chi connectivity index (χ1) is 9.21. The van der Waals surface area contributed by atoms with Crippen molar-refractivity contribution in [3.05, 3.63) is 31.8 Å². The van der Waals surface area contributed by atoms with Crippen LogP contribution in [0.5, 0.6) is 0 Å². The van der Waals surface area contributed by atoms with Gasteiger partial charge in [-0.1, -0.05) is 0 Å². The van der Waals surface area contributed by atoms with Gasteiger partial charge in [0.15, 0.2) is 0 Å². The average Bonchev–Trinajstić information content (AvgIpc) is 2.96. The lowest BCUT2D eigenvalue weighted by atomic mass is 10.7. The van der Waals surface area contributed by atoms with Crippen molar-refractivity contribution in [2.75, 3.05) is 0 Å². The average molecular weight is 482 g/mol. The van der Waals surface area contributed by atoms with E-state index in [1.54, 1.807) is 12.1 Å². The zero-order valence-corrected chi connectivity index (χ0v) is 15.8. The second kappa shape index (κ2) is 6.12. The third-order valence-corrected chi connectivity index (χ3v) is 8.79. The summed E-state index contributed by atoms with van der Waals surface area (Å²) in [6.45, 7) is 0. The Hall–Kier alpha value is 0.180. The van der Waals surface area contributed by atoms with Crippen molar-refractivity contribution in [3.8, 4) is 0 Å². The smallest absolute Gasteiger partial charge is 0.205 e. The van der Waals surface area contributed by atoms with Crippen molar-refractivity contribution in [2.24, 2.45) is 0 Å². The summed E-state index contributed by atoms with van der Waals surface area (Å²) in [5, 5.41) is 0. The standard InChI is InChI=1S/C8H6Br2N2O4S4/c9-5-1-3-7(17-5)19(13,14)11-12-20(15,16)8-4-2-6(10)18-8/h1-4,11-12H. The molecule has 0 bridgehead atoms. The monoisotopic (exact) mass is 480 g/mol. The topological polar surface area (TPSA) is 92.3 Å². The Labute approximate surface area is 140 Å². The molecule has 2 aromatic heterocycles. The van der Waals surface area contributed by atoms with Gasteiger partial charge in [0.1, 0.15) is 8.42 Å². The van der Waals surface area contributed by atoms with Gasteiger partial charge >= 0.3 is 0 Å². The second-order valence-corrected chi connectivity index (χ2v) is 12.1. The van der Waals surface area contributed by atoms with Crippen LogP contribution < -0.4 is 9.66 Å². The van der Waals surface area contributed by atoms with E-state index in [4.69, 9.17) is 0 Å². The van der Waals surface area contributed by atoms with E-state index < -0.39 is 20.0 Å². The van der Waals surface area contributed by atoms with E-state index in [1.165, 1.54) is 12.1 Å². The number of thiophene rings is 2. The number of halogens is 2. The quantitative estimate of drug-likeness (QED) is 0.641. The molecular weight excluding hydrogens is 476 g/mol. The summed E-state index contributed by atoms with van der Waals surface area (Å²) in [5.41, 5.74) is 0. The largest absolute Gasteiger partial charge is 0.263 e. The van der Waals surface area contributed by atoms with Crippen molar-refractivity contribution >= 4 is 74.6 Å². The molecule has 0 fully saturated rings. The molecule has 0 radical (unpaired) electrons. The molecule has 2 rings (SSSR count). The SMILES string of the molecule is O=S(=O)(NNS(=O)(=O)c1ccc(Br)s1)c1ccc(Br)s1. The summed E-state index contributed by atoms with van der Waals surface area (Å²) >= 11 is 8.22. The third-order valence-electron chi connectivity index (χ3n) is 1.94. The minimum Gasteiger partial charge on any atom is -0.205 e. The fourth-order valence-corrected chi connectivity index (χ4v) is 7.22. The Morgan fingerprint density at radius 1 is 0.750 bits per heavy atom. The van der Waals surface area contributed by atoms with Crippen LogP contribution in [0, 0.1) is 0 Å². The van der Waals surface area contributed by atoms with Gasteiger partial charge in [0.05, 0.1) is 7.57 Å². The van der Waals surface area contributed by atoms with Crippen LogP contribution >= 0.6 is 54.5 Å². The van der Waals surface area contributed by atoms with Crippen molar-refractivity contribution < 1.29 is 16.8 Å². The molecule has 2 heterocycles. The van der Waals surface area contributed by atoms with Gasteiger partial charge in [0.25, 0.3) is 20.0 Å². The molecule has 0 saturated heterocycles. The molecule has 0 aliphatic carbocycles. The maximum absolute atomic E-state index is 11.9. The molecule has 0 atom stereocenters. The highest BCUT2D eigenvalue weighted by molar-refractivity contribution is 9.11. The molecular formula is C8H6Br2N2O4S4. The van der Waals surface area contributed by atoms with Crippen LogP contribution in [-0.2, 0) is 20.0 Å². The summed E-state index contributed by atoms with van der Waals surface area (Å²) in [6, 6.07) is 5.86. The Kier molecular flexibility index (Phi) is 5.07. The van der Waals surface area contributed by atoms with E-state index in [0.29, 0.717) is 7.57 Å². The summed E-state index contributed by atoms with van der Waals surface area (Å²) in [7, 11) is -7.87. The number of hydrazine groups is 1. The molecule has 0 aromatic carbocycles. The van der Waals surface area contributed by atoms with Gasteiger partial charge in [-0.05, 0) is 56.1 Å². The second-order valence-electron chi connectivity index (χ2n) is 3.33. The third kappa shape index (κ3) is 3.88. The predicted molar refractivity (Wildman–Crippen MR) is 84.7 cm³/mol. The van der Waals surface area contributed by atoms with Crippen LogP contribution in [-0.4, -0.2) is 16.8 Å². The van der Waals surface area contributed by atoms with E-state index >= 15 is 0 Å². The van der Waals surface area contributed by atoms with Crippen molar-refractivity contribution in [3.63, 3.8) is 0 Å². The number of rotatable bonds is 5. The van der Waals surface area contributed by atoms with Crippen LogP contribution in [0.3, 0.4) is 0 Å². The van der Waals surface area contributed by atoms with Crippen LogP contribution in [0.2, 0.25) is 0 Å². The van der Waals surface area contributed by atoms with E-state index in [1.807, 2.05) is 9.66 Å². The van der Waals surface area contributed by atoms with Crippen molar-refractivity contribution in [2.45, 2.75) is 8.42 Å². The van der Waals surface area contributed by atoms with Gasteiger partial charge in [-0.15, -0.1) is 32.3 Å². The maximum Gasteiger partial charge on any atom is 0.263 e. The van der Waals surface area contributed by atoms with Gasteiger partial charge in [-0.3, -0.25) is 0 Å². The molecule has 0 aliphatic rings. The molecule has 0 unspecified atom stereocenters. The fourth-order valence-electron chi connectivity index (χ4n) is 1.09. The van der Waals surface area contributed by atoms with Gasteiger partial charge in [-0.2, -0.15) is 0 Å². The predicted octanol–water partition coefficient (Wildman–Crippen LogP) is 2.51. The Balaban J connectivity index is 2.16. The zero-order chi connectivity index (χ0) is 15.0. The van der Waals surface area contributed by atoms with Gasteiger partial charge in [0.2, 0.25) is 0 Å². The lowest BCUT2D eigenvalue weighted by molar-refractivity contribution is 0.560. The lowest BCUT2D eigenvalue weighted by Crippen LogP contribution is -2.40. The molecule has 20 heavy (non-hydrogen) atoms. The number of sulfonamides is 2. The summed E-state index contributed by atoms with van der Waals surface area (Å²) in [6.07, 6.45) is 0. The maximum atomic E-state index is 11.9. The van der Waals surface area contributed by atoms with Gasteiger partial charge < -0.3 is 0 Å². The lowest BCUT2D eigenvalue weighted by Gasteiger charge is -2.06. The number of hydrogen-bond acceptors (Lipinski definition) is 6. The Morgan fingerprint density at radius 3 is 1.35 bits per heavy atom. The van der Waals surface area contributed by atoms with Crippen molar-refractivity contribution in [1.29, 1.82) is 0 Å². The summed E-state index contributed by atoms with van der Waals surface area (Å²) < 4.78 is 48.8. The van der Waals surface area contributed by atoms with Gasteiger partial charge in [0, 0.05) is 0 Å². The first-order valence-electron chi connectivity index (χ1n) is 4.75. The van der Waals surface area contributed by atoms with E-state index in [-0.39, 0.29) is 8.42 Å². The van der Waals surface area contributed by atoms with Crippen LogP contribution in [0.25, 0.3) is 0 Å². The number of hydrogen-bond donors (Lipinski definition) is 2. The van der Waals surface area contributed by atoms with E-state index in [2.05, 4.69) is 31.9 Å². The Morgan fingerprint density at radius 2 is 1.10 bits per heavy atom. The first kappa shape index (κ1) is 16.5. The minimum atomic E-state index is -3.93. The molecule has 6 nitrogen and oxygen atoms in total. The van der Waals surface area contributed by atoms with E-state index in [0.717, 1.165) is 22.7 Å². The first-order valence-corrected chi connectivity index (χ1v) is 10.9. The molecule has 0 amide bonds. The summed E-state index contributed by atoms with van der Waals surface area (Å²) in [4.78, 5) is 3.70. The fraction of sp³-hybridized carbons (Fsp3) is 0. The van der Waals surface area contributed by atoms with Crippen LogP contribution in [0.15, 0.2) is 40.3 Å². The minimum absolute atomic E-state index is 0.000523. The molecule has 2 N–H and O–H groups in total. The summed E-state index contributed by atoms with van der Waals surface area (Å²) in [5.74, 6) is 0. The normalized spacial score (nSPS) is 12.7. The highest BCUT2D eigenvalue weighted by Gasteiger charge is 2.22.